The van der Waals surface area contributed by atoms with Gasteiger partial charge >= 0.3 is 0 Å². The summed E-state index contributed by atoms with van der Waals surface area (Å²) in [7, 11) is 0.582. The van der Waals surface area contributed by atoms with Crippen molar-refractivity contribution in [2.45, 2.75) is 24.0 Å². The lowest BCUT2D eigenvalue weighted by Gasteiger charge is -2.36. The maximum atomic E-state index is 12.7. The molecule has 1 saturated heterocycles. The van der Waals surface area contributed by atoms with Crippen molar-refractivity contribution in [3.8, 4) is 5.75 Å². The number of morpholine rings is 1. The SMILES string of the molecule is COc1ccc(NC(=O)CN2CC(C)OC(c3ccccc3)C2)cc1S(=O)(=O)N(C)C. The number of nitrogens with one attached hydrogen (secondary N) is 1. The van der Waals surface area contributed by atoms with Crippen LogP contribution < -0.4 is 10.1 Å². The zero-order chi connectivity index (χ0) is 22.6. The van der Waals surface area contributed by atoms with Crippen LogP contribution in [0.5, 0.6) is 5.75 Å². The van der Waals surface area contributed by atoms with E-state index in [0.717, 1.165) is 9.87 Å². The summed E-state index contributed by atoms with van der Waals surface area (Å²) in [5, 5.41) is 2.80. The van der Waals surface area contributed by atoms with Crippen molar-refractivity contribution in [3.63, 3.8) is 0 Å². The number of anilines is 1. The molecule has 0 aromatic heterocycles. The Balaban J connectivity index is 1.70. The van der Waals surface area contributed by atoms with Crippen molar-refractivity contribution in [2.75, 3.05) is 46.2 Å². The first-order chi connectivity index (χ1) is 14.7. The molecule has 168 valence electrons. The highest BCUT2D eigenvalue weighted by molar-refractivity contribution is 7.89. The van der Waals surface area contributed by atoms with E-state index in [1.165, 1.54) is 33.3 Å². The van der Waals surface area contributed by atoms with Gasteiger partial charge in [-0.15, -0.1) is 0 Å². The molecule has 0 spiro atoms. The van der Waals surface area contributed by atoms with Gasteiger partial charge in [-0.3, -0.25) is 9.69 Å². The van der Waals surface area contributed by atoms with E-state index in [-0.39, 0.29) is 35.3 Å². The van der Waals surface area contributed by atoms with Crippen molar-refractivity contribution in [1.29, 1.82) is 0 Å². The van der Waals surface area contributed by atoms with E-state index in [9.17, 15) is 13.2 Å². The quantitative estimate of drug-likeness (QED) is 0.701. The van der Waals surface area contributed by atoms with E-state index in [1.54, 1.807) is 6.07 Å². The Bertz CT molecular complexity index is 1010. The molecule has 2 unspecified atom stereocenters. The normalized spacial score (nSPS) is 19.9. The van der Waals surface area contributed by atoms with Crippen molar-refractivity contribution in [3.05, 3.63) is 54.1 Å². The Labute approximate surface area is 183 Å². The largest absolute Gasteiger partial charge is 0.495 e. The average Bonchev–Trinajstić information content (AvgIpc) is 2.73. The molecule has 1 amide bonds. The van der Waals surface area contributed by atoms with Gasteiger partial charge in [-0.2, -0.15) is 0 Å². The molecule has 1 aliphatic rings. The van der Waals surface area contributed by atoms with E-state index < -0.39 is 10.0 Å². The van der Waals surface area contributed by atoms with E-state index in [2.05, 4.69) is 5.32 Å². The molecular weight excluding hydrogens is 418 g/mol. The van der Waals surface area contributed by atoms with Crippen LogP contribution in [0.1, 0.15) is 18.6 Å². The maximum Gasteiger partial charge on any atom is 0.246 e. The van der Waals surface area contributed by atoms with Gasteiger partial charge in [0, 0.05) is 32.9 Å². The van der Waals surface area contributed by atoms with E-state index in [4.69, 9.17) is 9.47 Å². The van der Waals surface area contributed by atoms with E-state index in [0.29, 0.717) is 18.8 Å². The number of rotatable bonds is 7. The number of hydrogen-bond donors (Lipinski definition) is 1. The second kappa shape index (κ2) is 9.78. The molecule has 1 N–H and O–H groups in total. The van der Waals surface area contributed by atoms with Crippen LogP contribution in [0.2, 0.25) is 0 Å². The number of hydrogen-bond acceptors (Lipinski definition) is 6. The minimum absolute atomic E-state index is 0.00179. The Morgan fingerprint density at radius 1 is 1.19 bits per heavy atom. The smallest absolute Gasteiger partial charge is 0.246 e. The fourth-order valence-corrected chi connectivity index (χ4v) is 4.65. The maximum absolute atomic E-state index is 12.7. The summed E-state index contributed by atoms with van der Waals surface area (Å²) in [5.74, 6) is -0.00122. The lowest BCUT2D eigenvalue weighted by Crippen LogP contribution is -2.46. The molecule has 1 fully saturated rings. The predicted molar refractivity (Wildman–Crippen MR) is 119 cm³/mol. The van der Waals surface area contributed by atoms with Crippen LogP contribution in [0.4, 0.5) is 5.69 Å². The van der Waals surface area contributed by atoms with Crippen LogP contribution in [0.3, 0.4) is 0 Å². The van der Waals surface area contributed by atoms with Gasteiger partial charge in [-0.25, -0.2) is 12.7 Å². The van der Waals surface area contributed by atoms with Crippen LogP contribution in [0, 0.1) is 0 Å². The zero-order valence-corrected chi connectivity index (χ0v) is 19.1. The first-order valence-electron chi connectivity index (χ1n) is 10.0. The summed E-state index contributed by atoms with van der Waals surface area (Å²) in [6.07, 6.45) is -0.111. The van der Waals surface area contributed by atoms with E-state index >= 15 is 0 Å². The molecule has 2 aromatic rings. The number of nitrogens with zero attached hydrogens (tertiary/aromatic N) is 2. The van der Waals surface area contributed by atoms with Gasteiger partial charge in [-0.05, 0) is 30.7 Å². The van der Waals surface area contributed by atoms with Crippen LogP contribution in [-0.4, -0.2) is 70.5 Å². The number of benzene rings is 2. The third-order valence-corrected chi connectivity index (χ3v) is 6.92. The number of amides is 1. The zero-order valence-electron chi connectivity index (χ0n) is 18.2. The lowest BCUT2D eigenvalue weighted by atomic mass is 10.1. The molecule has 2 atom stereocenters. The van der Waals surface area contributed by atoms with Gasteiger partial charge in [0.2, 0.25) is 15.9 Å². The molecule has 3 rings (SSSR count). The van der Waals surface area contributed by atoms with Crippen molar-refractivity contribution >= 4 is 21.6 Å². The standard InChI is InChI=1S/C22H29N3O5S/c1-16-13-25(14-20(30-16)17-8-6-5-7-9-17)15-22(26)23-18-10-11-19(29-4)21(12-18)31(27,28)24(2)3/h5-12,16,20H,13-15H2,1-4H3,(H,23,26). The summed E-state index contributed by atoms with van der Waals surface area (Å²) < 4.78 is 37.5. The second-order valence-corrected chi connectivity index (χ2v) is 9.86. The minimum Gasteiger partial charge on any atom is -0.495 e. The van der Waals surface area contributed by atoms with Gasteiger partial charge in [0.15, 0.2) is 0 Å². The lowest BCUT2D eigenvalue weighted by molar-refractivity contribution is -0.122. The summed E-state index contributed by atoms with van der Waals surface area (Å²) in [6.45, 7) is 3.41. The fraction of sp³-hybridized carbons (Fsp3) is 0.409. The van der Waals surface area contributed by atoms with Crippen molar-refractivity contribution in [2.24, 2.45) is 0 Å². The fourth-order valence-electron chi connectivity index (χ4n) is 3.58. The first kappa shape index (κ1) is 23.2. The van der Waals surface area contributed by atoms with Crippen LogP contribution in [0.25, 0.3) is 0 Å². The molecule has 0 saturated carbocycles. The van der Waals surface area contributed by atoms with Gasteiger partial charge in [0.05, 0.1) is 25.9 Å². The van der Waals surface area contributed by atoms with Crippen LogP contribution in [0.15, 0.2) is 53.4 Å². The van der Waals surface area contributed by atoms with Gasteiger partial charge in [-0.1, -0.05) is 30.3 Å². The number of sulfonamides is 1. The highest BCUT2D eigenvalue weighted by Gasteiger charge is 2.28. The number of carbonyl (C=O) groups excluding carboxylic acids is 1. The molecule has 31 heavy (non-hydrogen) atoms. The second-order valence-electron chi connectivity index (χ2n) is 7.74. The molecule has 2 aromatic carbocycles. The molecule has 1 aliphatic heterocycles. The number of ether oxygens (including phenoxy) is 2. The monoisotopic (exact) mass is 447 g/mol. The summed E-state index contributed by atoms with van der Waals surface area (Å²) in [6, 6.07) is 14.5. The molecule has 0 radical (unpaired) electrons. The molecule has 0 bridgehead atoms. The third kappa shape index (κ3) is 5.62. The minimum atomic E-state index is -3.72. The van der Waals surface area contributed by atoms with Gasteiger partial charge in [0.25, 0.3) is 0 Å². The third-order valence-electron chi connectivity index (χ3n) is 5.08. The molecular formula is C22H29N3O5S. The predicted octanol–water partition coefficient (Wildman–Crippen LogP) is 2.35. The van der Waals surface area contributed by atoms with Gasteiger partial charge in [0.1, 0.15) is 10.6 Å². The Morgan fingerprint density at radius 3 is 2.55 bits per heavy atom. The Kier molecular flexibility index (Phi) is 7.32. The van der Waals surface area contributed by atoms with E-state index in [1.807, 2.05) is 42.2 Å². The average molecular weight is 448 g/mol. The summed E-state index contributed by atoms with van der Waals surface area (Å²) in [4.78, 5) is 14.7. The van der Waals surface area contributed by atoms with Crippen LogP contribution >= 0.6 is 0 Å². The molecule has 8 nitrogen and oxygen atoms in total. The van der Waals surface area contributed by atoms with Gasteiger partial charge < -0.3 is 14.8 Å². The summed E-state index contributed by atoms with van der Waals surface area (Å²) >= 11 is 0. The number of carbonyl (C=O) groups is 1. The Morgan fingerprint density at radius 2 is 1.90 bits per heavy atom. The number of methoxy groups -OCH3 is 1. The topological polar surface area (TPSA) is 88.2 Å². The highest BCUT2D eigenvalue weighted by Crippen LogP contribution is 2.29. The van der Waals surface area contributed by atoms with Crippen LogP contribution in [-0.2, 0) is 19.6 Å². The first-order valence-corrected chi connectivity index (χ1v) is 11.5. The van der Waals surface area contributed by atoms with Crippen molar-refractivity contribution < 1.29 is 22.7 Å². The Hall–Kier alpha value is -2.46. The summed E-state index contributed by atoms with van der Waals surface area (Å²) in [5.41, 5.74) is 1.47. The molecule has 1 heterocycles. The highest BCUT2D eigenvalue weighted by atomic mass is 32.2. The molecule has 9 heteroatoms. The molecule has 0 aliphatic carbocycles. The van der Waals surface area contributed by atoms with Crippen molar-refractivity contribution in [1.82, 2.24) is 9.21 Å².